The molecule has 180 valence electrons. The quantitative estimate of drug-likeness (QED) is 0.450. The summed E-state index contributed by atoms with van der Waals surface area (Å²) in [6, 6.07) is 11.9. The van der Waals surface area contributed by atoms with Gasteiger partial charge in [-0.1, -0.05) is 24.2 Å². The first-order valence-corrected chi connectivity index (χ1v) is 14.4. The molecule has 0 aliphatic carbocycles. The summed E-state index contributed by atoms with van der Waals surface area (Å²) in [5.74, 6) is 0.592. The molecule has 8 nitrogen and oxygen atoms in total. The molecule has 1 amide bonds. The highest BCUT2D eigenvalue weighted by molar-refractivity contribution is 7.98. The predicted octanol–water partition coefficient (Wildman–Crippen LogP) is 4.75. The van der Waals surface area contributed by atoms with Gasteiger partial charge in [-0.25, -0.2) is 8.42 Å². The molecule has 3 aromatic rings. The molecule has 0 bridgehead atoms. The maximum Gasteiger partial charge on any atom is 0.263 e. The molecule has 0 atom stereocenters. The van der Waals surface area contributed by atoms with Crippen LogP contribution >= 0.6 is 23.1 Å². The summed E-state index contributed by atoms with van der Waals surface area (Å²) in [7, 11) is -2.37. The average molecular weight is 519 g/mol. The minimum Gasteiger partial charge on any atom is -0.497 e. The number of thioether (sulfide) groups is 1. The minimum atomic E-state index is -3.95. The highest BCUT2D eigenvalue weighted by atomic mass is 32.2. The van der Waals surface area contributed by atoms with Crippen LogP contribution in [-0.4, -0.2) is 55.9 Å². The van der Waals surface area contributed by atoms with Crippen LogP contribution in [0.15, 0.2) is 52.3 Å². The number of ether oxygens (including phenoxy) is 1. The third-order valence-corrected chi connectivity index (χ3v) is 8.74. The van der Waals surface area contributed by atoms with Crippen LogP contribution in [0.25, 0.3) is 10.6 Å². The van der Waals surface area contributed by atoms with Crippen LogP contribution in [-0.2, 0) is 10.0 Å². The molecule has 1 fully saturated rings. The van der Waals surface area contributed by atoms with E-state index >= 15 is 0 Å². The van der Waals surface area contributed by atoms with E-state index in [-0.39, 0.29) is 15.9 Å². The molecule has 0 saturated carbocycles. The van der Waals surface area contributed by atoms with Gasteiger partial charge in [0.2, 0.25) is 5.13 Å². The number of rotatable bonds is 7. The Morgan fingerprint density at radius 2 is 1.76 bits per heavy atom. The van der Waals surface area contributed by atoms with E-state index in [2.05, 4.69) is 14.9 Å². The highest BCUT2D eigenvalue weighted by Crippen LogP contribution is 2.30. The molecule has 1 saturated heterocycles. The SMILES string of the molecule is COc1ccc(-c2nnc(NS(=O)(=O)c3ccc(SC)c(C(=O)N4CCCCCC4)c3)s2)cc1. The van der Waals surface area contributed by atoms with Crippen molar-refractivity contribution in [1.29, 1.82) is 0 Å². The topological polar surface area (TPSA) is 101 Å². The van der Waals surface area contributed by atoms with E-state index in [0.717, 1.165) is 47.5 Å². The van der Waals surface area contributed by atoms with Crippen molar-refractivity contribution in [1.82, 2.24) is 15.1 Å². The van der Waals surface area contributed by atoms with Gasteiger partial charge in [0, 0.05) is 23.5 Å². The lowest BCUT2D eigenvalue weighted by molar-refractivity contribution is 0.0758. The van der Waals surface area contributed by atoms with Gasteiger partial charge in [0.15, 0.2) is 0 Å². The number of benzene rings is 2. The van der Waals surface area contributed by atoms with Crippen molar-refractivity contribution in [2.45, 2.75) is 35.5 Å². The van der Waals surface area contributed by atoms with E-state index in [0.29, 0.717) is 29.4 Å². The summed E-state index contributed by atoms with van der Waals surface area (Å²) in [6.45, 7) is 1.39. The average Bonchev–Trinajstić information content (AvgIpc) is 3.13. The van der Waals surface area contributed by atoms with Crippen LogP contribution in [0.3, 0.4) is 0 Å². The molecular formula is C23H26N4O4S3. The van der Waals surface area contributed by atoms with E-state index in [1.54, 1.807) is 25.3 Å². The van der Waals surface area contributed by atoms with Crippen LogP contribution in [0, 0.1) is 0 Å². The third-order valence-electron chi connectivity index (χ3n) is 5.59. The number of hydrogen-bond donors (Lipinski definition) is 1. The third kappa shape index (κ3) is 5.53. The fraction of sp³-hybridized carbons (Fsp3) is 0.348. The van der Waals surface area contributed by atoms with Crippen molar-refractivity contribution in [2.24, 2.45) is 0 Å². The molecule has 1 N–H and O–H groups in total. The number of nitrogens with one attached hydrogen (secondary N) is 1. The molecule has 0 unspecified atom stereocenters. The number of sulfonamides is 1. The second kappa shape index (κ2) is 10.7. The van der Waals surface area contributed by atoms with Crippen LogP contribution in [0.1, 0.15) is 36.0 Å². The maximum absolute atomic E-state index is 13.2. The fourth-order valence-corrected chi connectivity index (χ4v) is 6.33. The van der Waals surface area contributed by atoms with E-state index in [1.807, 2.05) is 23.3 Å². The molecule has 1 aliphatic rings. The molecule has 0 spiro atoms. The van der Waals surface area contributed by atoms with Gasteiger partial charge in [-0.2, -0.15) is 0 Å². The zero-order chi connectivity index (χ0) is 24.1. The second-order valence-corrected chi connectivity index (χ2v) is 11.3. The Morgan fingerprint density at radius 1 is 1.06 bits per heavy atom. The fourth-order valence-electron chi connectivity index (χ4n) is 3.75. The van der Waals surface area contributed by atoms with Gasteiger partial charge in [0.05, 0.1) is 17.6 Å². The summed E-state index contributed by atoms with van der Waals surface area (Å²) in [6.07, 6.45) is 6.03. The van der Waals surface area contributed by atoms with Gasteiger partial charge in [-0.05, 0) is 61.6 Å². The Labute approximate surface area is 207 Å². The van der Waals surface area contributed by atoms with E-state index in [4.69, 9.17) is 4.74 Å². The van der Waals surface area contributed by atoms with Gasteiger partial charge >= 0.3 is 0 Å². The lowest BCUT2D eigenvalue weighted by Gasteiger charge is -2.22. The summed E-state index contributed by atoms with van der Waals surface area (Å²) >= 11 is 2.56. The molecule has 1 aliphatic heterocycles. The minimum absolute atomic E-state index is 0.0182. The highest BCUT2D eigenvalue weighted by Gasteiger charge is 2.24. The molecule has 11 heteroatoms. The second-order valence-electron chi connectivity index (χ2n) is 7.81. The number of carbonyl (C=O) groups excluding carboxylic acids is 1. The molecular weight excluding hydrogens is 492 g/mol. The number of amides is 1. The van der Waals surface area contributed by atoms with Crippen molar-refractivity contribution in [3.05, 3.63) is 48.0 Å². The van der Waals surface area contributed by atoms with E-state index in [9.17, 15) is 13.2 Å². The number of hydrogen-bond acceptors (Lipinski definition) is 8. The molecule has 34 heavy (non-hydrogen) atoms. The first-order valence-electron chi connectivity index (χ1n) is 10.9. The standard InChI is InChI=1S/C23H26N4O4S3/c1-31-17-9-7-16(8-10-17)21-24-25-23(33-21)26-34(29,30)18-11-12-20(32-2)19(15-18)22(28)27-13-5-3-4-6-14-27/h7-12,15H,3-6,13-14H2,1-2H3,(H,25,26). The monoisotopic (exact) mass is 518 g/mol. The summed E-state index contributed by atoms with van der Waals surface area (Å²) < 4.78 is 33.9. The first kappa shape index (κ1) is 24.5. The Kier molecular flexibility index (Phi) is 7.74. The summed E-state index contributed by atoms with van der Waals surface area (Å²) in [5.41, 5.74) is 1.21. The molecule has 1 aromatic heterocycles. The predicted molar refractivity (Wildman–Crippen MR) is 135 cm³/mol. The Balaban J connectivity index is 1.57. The smallest absolute Gasteiger partial charge is 0.263 e. The molecule has 0 radical (unpaired) electrons. The van der Waals surface area contributed by atoms with E-state index < -0.39 is 10.0 Å². The summed E-state index contributed by atoms with van der Waals surface area (Å²) in [4.78, 5) is 15.8. The number of methoxy groups -OCH3 is 1. The largest absolute Gasteiger partial charge is 0.497 e. The van der Waals surface area contributed by atoms with Crippen molar-refractivity contribution >= 4 is 44.2 Å². The zero-order valence-electron chi connectivity index (χ0n) is 19.0. The van der Waals surface area contributed by atoms with Crippen LogP contribution in [0.4, 0.5) is 5.13 Å². The molecule has 2 aromatic carbocycles. The van der Waals surface area contributed by atoms with Crippen LogP contribution < -0.4 is 9.46 Å². The van der Waals surface area contributed by atoms with Gasteiger partial charge < -0.3 is 9.64 Å². The van der Waals surface area contributed by atoms with Crippen molar-refractivity contribution in [3.63, 3.8) is 0 Å². The molecule has 2 heterocycles. The Morgan fingerprint density at radius 3 is 2.41 bits per heavy atom. The van der Waals surface area contributed by atoms with Crippen molar-refractivity contribution < 1.29 is 17.9 Å². The molecule has 4 rings (SSSR count). The Hall–Kier alpha value is -2.63. The lowest BCUT2D eigenvalue weighted by atomic mass is 10.2. The normalized spacial score (nSPS) is 14.5. The van der Waals surface area contributed by atoms with Gasteiger partial charge in [0.1, 0.15) is 10.8 Å². The van der Waals surface area contributed by atoms with Gasteiger partial charge in [0.25, 0.3) is 15.9 Å². The number of carbonyl (C=O) groups is 1. The van der Waals surface area contributed by atoms with E-state index in [1.165, 1.54) is 23.9 Å². The van der Waals surface area contributed by atoms with Gasteiger partial charge in [-0.3, -0.25) is 9.52 Å². The van der Waals surface area contributed by atoms with Crippen LogP contribution in [0.2, 0.25) is 0 Å². The number of likely N-dealkylation sites (tertiary alicyclic amines) is 1. The zero-order valence-corrected chi connectivity index (χ0v) is 21.4. The summed E-state index contributed by atoms with van der Waals surface area (Å²) in [5, 5.41) is 8.82. The first-order chi connectivity index (χ1) is 16.4. The lowest BCUT2D eigenvalue weighted by Crippen LogP contribution is -2.32. The van der Waals surface area contributed by atoms with Gasteiger partial charge in [-0.15, -0.1) is 22.0 Å². The number of anilines is 1. The Bertz CT molecular complexity index is 1250. The van der Waals surface area contributed by atoms with Crippen molar-refractivity contribution in [3.8, 4) is 16.3 Å². The van der Waals surface area contributed by atoms with Crippen molar-refractivity contribution in [2.75, 3.05) is 31.2 Å². The maximum atomic E-state index is 13.2. The number of aromatic nitrogens is 2. The number of nitrogens with zero attached hydrogens (tertiary/aromatic N) is 3. The van der Waals surface area contributed by atoms with Crippen LogP contribution in [0.5, 0.6) is 5.75 Å².